The first kappa shape index (κ1) is 8.20. The van der Waals surface area contributed by atoms with Gasteiger partial charge in [0.25, 0.3) is 0 Å². The lowest BCUT2D eigenvalue weighted by Gasteiger charge is -1.97. The number of aromatic amines is 1. The molecule has 0 spiro atoms. The minimum absolute atomic E-state index is 0.0602. The molecule has 1 heterocycles. The Hall–Kier alpha value is -0.900. The van der Waals surface area contributed by atoms with Crippen molar-refractivity contribution in [3.05, 3.63) is 11.6 Å². The van der Waals surface area contributed by atoms with Gasteiger partial charge in [0.05, 0.1) is 6.04 Å². The van der Waals surface area contributed by atoms with Crippen LogP contribution in [0.3, 0.4) is 0 Å². The third-order valence-corrected chi connectivity index (χ3v) is 1.47. The van der Waals surface area contributed by atoms with E-state index in [2.05, 4.69) is 15.2 Å². The van der Waals surface area contributed by atoms with Crippen LogP contribution in [-0.4, -0.2) is 15.2 Å². The fourth-order valence-corrected chi connectivity index (χ4v) is 0.750. The highest BCUT2D eigenvalue weighted by Gasteiger charge is 2.08. The second-order valence-electron chi connectivity index (χ2n) is 3.02. The van der Waals surface area contributed by atoms with Gasteiger partial charge in [-0.3, -0.25) is 5.10 Å². The molecule has 0 saturated heterocycles. The minimum atomic E-state index is -0.0602. The SMILES string of the molecule is CC(C)c1n[nH]c([C@H](C)N)n1. The van der Waals surface area contributed by atoms with Crippen molar-refractivity contribution >= 4 is 0 Å². The van der Waals surface area contributed by atoms with E-state index in [1.165, 1.54) is 0 Å². The van der Waals surface area contributed by atoms with Gasteiger partial charge in [0, 0.05) is 5.92 Å². The Bertz CT molecular complexity index is 204. The number of hydrogen-bond donors (Lipinski definition) is 2. The molecule has 0 aromatic carbocycles. The average Bonchev–Trinajstić information content (AvgIpc) is 2.33. The molecule has 0 aliphatic carbocycles. The standard InChI is InChI=1S/C7H14N4/c1-4(2)6-9-7(5(3)8)11-10-6/h4-5H,8H2,1-3H3,(H,9,10,11)/t5-/m0/s1. The summed E-state index contributed by atoms with van der Waals surface area (Å²) < 4.78 is 0. The molecule has 0 radical (unpaired) electrons. The molecule has 1 rings (SSSR count). The van der Waals surface area contributed by atoms with Crippen molar-refractivity contribution in [1.82, 2.24) is 15.2 Å². The zero-order chi connectivity index (χ0) is 8.43. The van der Waals surface area contributed by atoms with Crippen molar-refractivity contribution in [3.8, 4) is 0 Å². The fraction of sp³-hybridized carbons (Fsp3) is 0.714. The predicted octanol–water partition coefficient (Wildman–Crippen LogP) is 0.948. The van der Waals surface area contributed by atoms with Gasteiger partial charge in [-0.25, -0.2) is 4.98 Å². The largest absolute Gasteiger partial charge is 0.322 e. The Morgan fingerprint density at radius 3 is 2.27 bits per heavy atom. The molecule has 1 aromatic rings. The van der Waals surface area contributed by atoms with E-state index in [-0.39, 0.29) is 6.04 Å². The van der Waals surface area contributed by atoms with E-state index in [1.807, 2.05) is 20.8 Å². The fourth-order valence-electron chi connectivity index (χ4n) is 0.750. The molecule has 0 unspecified atom stereocenters. The van der Waals surface area contributed by atoms with Crippen molar-refractivity contribution < 1.29 is 0 Å². The van der Waals surface area contributed by atoms with Crippen molar-refractivity contribution in [2.75, 3.05) is 0 Å². The van der Waals surface area contributed by atoms with Crippen LogP contribution in [0.25, 0.3) is 0 Å². The normalized spacial score (nSPS) is 13.9. The van der Waals surface area contributed by atoms with Gasteiger partial charge in [0.1, 0.15) is 5.82 Å². The van der Waals surface area contributed by atoms with E-state index in [9.17, 15) is 0 Å². The highest BCUT2D eigenvalue weighted by molar-refractivity contribution is 4.97. The first-order valence-corrected chi connectivity index (χ1v) is 3.79. The molecule has 0 aliphatic heterocycles. The van der Waals surface area contributed by atoms with Crippen molar-refractivity contribution in [2.24, 2.45) is 5.73 Å². The van der Waals surface area contributed by atoms with Crippen LogP contribution in [0.4, 0.5) is 0 Å². The maximum absolute atomic E-state index is 5.59. The van der Waals surface area contributed by atoms with E-state index < -0.39 is 0 Å². The molecule has 4 heteroatoms. The van der Waals surface area contributed by atoms with Crippen LogP contribution >= 0.6 is 0 Å². The molecule has 0 fully saturated rings. The molecule has 3 N–H and O–H groups in total. The van der Waals surface area contributed by atoms with E-state index >= 15 is 0 Å². The van der Waals surface area contributed by atoms with E-state index in [0.717, 1.165) is 11.6 Å². The van der Waals surface area contributed by atoms with Crippen LogP contribution in [0.5, 0.6) is 0 Å². The molecule has 0 aliphatic rings. The summed E-state index contributed by atoms with van der Waals surface area (Å²) in [5, 5.41) is 6.82. The van der Waals surface area contributed by atoms with Crippen molar-refractivity contribution in [1.29, 1.82) is 0 Å². The lowest BCUT2D eigenvalue weighted by atomic mass is 10.2. The quantitative estimate of drug-likeness (QED) is 0.666. The number of hydrogen-bond acceptors (Lipinski definition) is 3. The maximum atomic E-state index is 5.59. The monoisotopic (exact) mass is 154 g/mol. The number of aromatic nitrogens is 3. The van der Waals surface area contributed by atoms with Gasteiger partial charge in [-0.05, 0) is 6.92 Å². The summed E-state index contributed by atoms with van der Waals surface area (Å²) in [6.45, 7) is 5.98. The lowest BCUT2D eigenvalue weighted by molar-refractivity contribution is 0.741. The second-order valence-corrected chi connectivity index (χ2v) is 3.02. The summed E-state index contributed by atoms with van der Waals surface area (Å²) in [4.78, 5) is 4.22. The van der Waals surface area contributed by atoms with Crippen molar-refractivity contribution in [2.45, 2.75) is 32.7 Å². The van der Waals surface area contributed by atoms with Gasteiger partial charge in [-0.2, -0.15) is 5.10 Å². The van der Waals surface area contributed by atoms with Crippen molar-refractivity contribution in [3.63, 3.8) is 0 Å². The summed E-state index contributed by atoms with van der Waals surface area (Å²) in [7, 11) is 0. The van der Waals surface area contributed by atoms with Crippen LogP contribution < -0.4 is 5.73 Å². The Labute approximate surface area is 66.2 Å². The lowest BCUT2D eigenvalue weighted by Crippen LogP contribution is -2.06. The Kier molecular flexibility index (Phi) is 2.24. The third-order valence-electron chi connectivity index (χ3n) is 1.47. The molecule has 0 saturated carbocycles. The predicted molar refractivity (Wildman–Crippen MR) is 43.1 cm³/mol. The number of H-pyrrole nitrogens is 1. The van der Waals surface area contributed by atoms with E-state index in [4.69, 9.17) is 5.73 Å². The van der Waals surface area contributed by atoms with E-state index in [0.29, 0.717) is 5.92 Å². The molecule has 0 amide bonds. The zero-order valence-corrected chi connectivity index (χ0v) is 7.13. The molecule has 4 nitrogen and oxygen atoms in total. The molecule has 11 heavy (non-hydrogen) atoms. The van der Waals surface area contributed by atoms with Crippen LogP contribution in [0.2, 0.25) is 0 Å². The summed E-state index contributed by atoms with van der Waals surface area (Å²) >= 11 is 0. The van der Waals surface area contributed by atoms with Gasteiger partial charge in [0.2, 0.25) is 0 Å². The molecular weight excluding hydrogens is 140 g/mol. The van der Waals surface area contributed by atoms with Crippen LogP contribution in [-0.2, 0) is 0 Å². The number of nitrogens with two attached hydrogens (primary N) is 1. The van der Waals surface area contributed by atoms with Crippen LogP contribution in [0.15, 0.2) is 0 Å². The average molecular weight is 154 g/mol. The molecule has 0 bridgehead atoms. The highest BCUT2D eigenvalue weighted by atomic mass is 15.2. The summed E-state index contributed by atoms with van der Waals surface area (Å²) in [5.41, 5.74) is 5.59. The number of rotatable bonds is 2. The third kappa shape index (κ3) is 1.77. The second kappa shape index (κ2) is 3.00. The van der Waals surface area contributed by atoms with Crippen LogP contribution in [0, 0.1) is 0 Å². The van der Waals surface area contributed by atoms with E-state index in [1.54, 1.807) is 0 Å². The first-order chi connectivity index (χ1) is 5.11. The Balaban J connectivity index is 2.82. The van der Waals surface area contributed by atoms with Gasteiger partial charge in [-0.15, -0.1) is 0 Å². The molecular formula is C7H14N4. The summed E-state index contributed by atoms with van der Waals surface area (Å²) in [6.07, 6.45) is 0. The topological polar surface area (TPSA) is 67.6 Å². The smallest absolute Gasteiger partial charge is 0.153 e. The number of nitrogens with one attached hydrogen (secondary N) is 1. The Morgan fingerprint density at radius 1 is 1.36 bits per heavy atom. The Morgan fingerprint density at radius 2 is 2.00 bits per heavy atom. The van der Waals surface area contributed by atoms with Gasteiger partial charge in [-0.1, -0.05) is 13.8 Å². The van der Waals surface area contributed by atoms with Crippen LogP contribution in [0.1, 0.15) is 44.4 Å². The van der Waals surface area contributed by atoms with Gasteiger partial charge in [0.15, 0.2) is 5.82 Å². The molecule has 1 atom stereocenters. The van der Waals surface area contributed by atoms with Gasteiger partial charge < -0.3 is 5.73 Å². The maximum Gasteiger partial charge on any atom is 0.153 e. The highest BCUT2D eigenvalue weighted by Crippen LogP contribution is 2.10. The van der Waals surface area contributed by atoms with Gasteiger partial charge >= 0.3 is 0 Å². The minimum Gasteiger partial charge on any atom is -0.322 e. The molecule has 62 valence electrons. The zero-order valence-electron chi connectivity index (χ0n) is 7.13. The summed E-state index contributed by atoms with van der Waals surface area (Å²) in [5.74, 6) is 1.95. The molecule has 1 aromatic heterocycles. The summed E-state index contributed by atoms with van der Waals surface area (Å²) in [6, 6.07) is -0.0602. The first-order valence-electron chi connectivity index (χ1n) is 3.79. The number of nitrogens with zero attached hydrogens (tertiary/aromatic N) is 2.